The van der Waals surface area contributed by atoms with Gasteiger partial charge in [-0.1, -0.05) is 6.07 Å². The van der Waals surface area contributed by atoms with E-state index >= 15 is 0 Å². The van der Waals surface area contributed by atoms with E-state index in [0.29, 0.717) is 11.4 Å². The van der Waals surface area contributed by atoms with E-state index in [9.17, 15) is 13.6 Å². The first-order chi connectivity index (χ1) is 9.54. The van der Waals surface area contributed by atoms with Crippen LogP contribution < -0.4 is 15.8 Å². The van der Waals surface area contributed by atoms with Crippen molar-refractivity contribution in [1.82, 2.24) is 0 Å². The van der Waals surface area contributed by atoms with E-state index in [-0.39, 0.29) is 12.3 Å². The van der Waals surface area contributed by atoms with Gasteiger partial charge in [0.1, 0.15) is 17.4 Å². The summed E-state index contributed by atoms with van der Waals surface area (Å²) in [6, 6.07) is 9.33. The molecule has 0 fully saturated rings. The van der Waals surface area contributed by atoms with E-state index in [2.05, 4.69) is 5.32 Å². The van der Waals surface area contributed by atoms with Crippen molar-refractivity contribution in [3.63, 3.8) is 0 Å². The zero-order chi connectivity index (χ0) is 14.5. The van der Waals surface area contributed by atoms with Crippen LogP contribution in [0.25, 0.3) is 0 Å². The first-order valence-electron chi connectivity index (χ1n) is 5.78. The Morgan fingerprint density at radius 3 is 2.75 bits per heavy atom. The Labute approximate surface area is 114 Å². The number of carbonyl (C=O) groups excluding carboxylic acids is 1. The molecule has 2 rings (SSSR count). The summed E-state index contributed by atoms with van der Waals surface area (Å²) in [5, 5.41) is 2.23. The lowest BCUT2D eigenvalue weighted by molar-refractivity contribution is -0.118. The van der Waals surface area contributed by atoms with Gasteiger partial charge in [-0.05, 0) is 24.3 Å². The van der Waals surface area contributed by atoms with E-state index in [1.807, 2.05) is 0 Å². The molecule has 3 N–H and O–H groups in total. The average Bonchev–Trinajstić information content (AvgIpc) is 2.41. The maximum Gasteiger partial charge on any atom is 0.262 e. The summed E-state index contributed by atoms with van der Waals surface area (Å²) >= 11 is 0. The Bertz CT molecular complexity index is 632. The maximum atomic E-state index is 13.3. The number of hydrogen-bond donors (Lipinski definition) is 2. The lowest BCUT2D eigenvalue weighted by Gasteiger charge is -2.08. The summed E-state index contributed by atoms with van der Waals surface area (Å²) in [5.74, 6) is -1.54. The second-order valence-corrected chi connectivity index (χ2v) is 4.03. The fourth-order valence-electron chi connectivity index (χ4n) is 1.53. The molecule has 0 aromatic heterocycles. The van der Waals surface area contributed by atoms with E-state index < -0.39 is 17.5 Å². The van der Waals surface area contributed by atoms with Crippen LogP contribution in [0.5, 0.6) is 5.75 Å². The molecule has 0 heterocycles. The summed E-state index contributed by atoms with van der Waals surface area (Å²) in [6.07, 6.45) is 0. The van der Waals surface area contributed by atoms with Crippen LogP contribution in [-0.4, -0.2) is 12.5 Å². The first-order valence-corrected chi connectivity index (χ1v) is 5.78. The topological polar surface area (TPSA) is 64.3 Å². The van der Waals surface area contributed by atoms with Gasteiger partial charge in [0, 0.05) is 17.8 Å². The molecule has 0 atom stereocenters. The van der Waals surface area contributed by atoms with Crippen molar-refractivity contribution < 1.29 is 18.3 Å². The SMILES string of the molecule is Nc1cccc(OCC(=O)Nc2cc(F)ccc2F)c1. The third kappa shape index (κ3) is 3.68. The zero-order valence-corrected chi connectivity index (χ0v) is 10.4. The van der Waals surface area contributed by atoms with Crippen LogP contribution in [0.1, 0.15) is 0 Å². The molecule has 0 saturated heterocycles. The Morgan fingerprint density at radius 1 is 1.20 bits per heavy atom. The van der Waals surface area contributed by atoms with Crippen LogP contribution >= 0.6 is 0 Å². The fraction of sp³-hybridized carbons (Fsp3) is 0.0714. The molecule has 2 aromatic carbocycles. The number of hydrogen-bond acceptors (Lipinski definition) is 3. The van der Waals surface area contributed by atoms with Gasteiger partial charge in [-0.2, -0.15) is 0 Å². The van der Waals surface area contributed by atoms with Crippen molar-refractivity contribution in [2.24, 2.45) is 0 Å². The lowest BCUT2D eigenvalue weighted by atomic mass is 10.3. The Hall–Kier alpha value is -2.63. The molecule has 4 nitrogen and oxygen atoms in total. The molecule has 6 heteroatoms. The highest BCUT2D eigenvalue weighted by Crippen LogP contribution is 2.16. The van der Waals surface area contributed by atoms with Crippen LogP contribution in [-0.2, 0) is 4.79 Å². The number of amides is 1. The summed E-state index contributed by atoms with van der Waals surface area (Å²) in [7, 11) is 0. The second-order valence-electron chi connectivity index (χ2n) is 4.03. The third-order valence-corrected chi connectivity index (χ3v) is 2.43. The number of nitrogens with two attached hydrogens (primary N) is 1. The maximum absolute atomic E-state index is 13.3. The molecule has 0 radical (unpaired) electrons. The molecule has 0 saturated carbocycles. The van der Waals surface area contributed by atoms with Gasteiger partial charge in [0.25, 0.3) is 5.91 Å². The van der Waals surface area contributed by atoms with Crippen LogP contribution in [0.3, 0.4) is 0 Å². The number of halogens is 2. The molecule has 0 aliphatic carbocycles. The number of nitrogens with one attached hydrogen (secondary N) is 1. The summed E-state index contributed by atoms with van der Waals surface area (Å²) < 4.78 is 31.4. The van der Waals surface area contributed by atoms with Gasteiger partial charge in [-0.3, -0.25) is 4.79 Å². The fourth-order valence-corrected chi connectivity index (χ4v) is 1.53. The highest BCUT2D eigenvalue weighted by Gasteiger charge is 2.09. The first kappa shape index (κ1) is 13.8. The highest BCUT2D eigenvalue weighted by atomic mass is 19.1. The minimum atomic E-state index is -0.719. The van der Waals surface area contributed by atoms with Gasteiger partial charge in [0.05, 0.1) is 5.69 Å². The van der Waals surface area contributed by atoms with Crippen LogP contribution in [0.4, 0.5) is 20.2 Å². The predicted molar refractivity (Wildman–Crippen MR) is 71.3 cm³/mol. The van der Waals surface area contributed by atoms with Gasteiger partial charge >= 0.3 is 0 Å². The Kier molecular flexibility index (Phi) is 4.14. The van der Waals surface area contributed by atoms with E-state index in [0.717, 1.165) is 18.2 Å². The molecule has 0 aliphatic heterocycles. The second kappa shape index (κ2) is 6.01. The van der Waals surface area contributed by atoms with E-state index in [1.54, 1.807) is 24.3 Å². The molecule has 1 amide bonds. The number of nitrogen functional groups attached to an aromatic ring is 1. The molecule has 0 aliphatic rings. The van der Waals surface area contributed by atoms with Gasteiger partial charge < -0.3 is 15.8 Å². The van der Waals surface area contributed by atoms with Gasteiger partial charge in [0.2, 0.25) is 0 Å². The molecule has 20 heavy (non-hydrogen) atoms. The number of ether oxygens (including phenoxy) is 1. The number of anilines is 2. The van der Waals surface area contributed by atoms with Crippen LogP contribution in [0.2, 0.25) is 0 Å². The predicted octanol–water partition coefficient (Wildman–Crippen LogP) is 2.56. The standard InChI is InChI=1S/C14H12F2N2O2/c15-9-4-5-12(16)13(6-9)18-14(19)8-20-11-3-1-2-10(17)7-11/h1-7H,8,17H2,(H,18,19). The molecule has 0 unspecified atom stereocenters. The zero-order valence-electron chi connectivity index (χ0n) is 10.4. The van der Waals surface area contributed by atoms with Crippen molar-refractivity contribution in [3.8, 4) is 5.75 Å². The largest absolute Gasteiger partial charge is 0.484 e. The summed E-state index contributed by atoms with van der Waals surface area (Å²) in [4.78, 5) is 11.6. The van der Waals surface area contributed by atoms with Gasteiger partial charge in [0.15, 0.2) is 6.61 Å². The monoisotopic (exact) mass is 278 g/mol. The molecule has 0 spiro atoms. The van der Waals surface area contributed by atoms with E-state index in [4.69, 9.17) is 10.5 Å². The number of benzene rings is 2. The van der Waals surface area contributed by atoms with Gasteiger partial charge in [-0.25, -0.2) is 8.78 Å². The van der Waals surface area contributed by atoms with Crippen molar-refractivity contribution in [3.05, 3.63) is 54.1 Å². The highest BCUT2D eigenvalue weighted by molar-refractivity contribution is 5.92. The van der Waals surface area contributed by atoms with Crippen molar-refractivity contribution >= 4 is 17.3 Å². The minimum absolute atomic E-state index is 0.230. The van der Waals surface area contributed by atoms with Gasteiger partial charge in [-0.15, -0.1) is 0 Å². The van der Waals surface area contributed by atoms with Crippen molar-refractivity contribution in [2.75, 3.05) is 17.7 Å². The van der Waals surface area contributed by atoms with Crippen LogP contribution in [0.15, 0.2) is 42.5 Å². The molecule has 0 bridgehead atoms. The average molecular weight is 278 g/mol. The summed E-state index contributed by atoms with van der Waals surface area (Å²) in [5.41, 5.74) is 5.82. The normalized spacial score (nSPS) is 10.1. The molecular weight excluding hydrogens is 266 g/mol. The lowest BCUT2D eigenvalue weighted by Crippen LogP contribution is -2.20. The third-order valence-electron chi connectivity index (χ3n) is 2.43. The molecule has 2 aromatic rings. The number of carbonyl (C=O) groups is 1. The van der Waals surface area contributed by atoms with Crippen molar-refractivity contribution in [1.29, 1.82) is 0 Å². The number of rotatable bonds is 4. The quantitative estimate of drug-likeness (QED) is 0.845. The molecule has 104 valence electrons. The molecular formula is C14H12F2N2O2. The Morgan fingerprint density at radius 2 is 2.00 bits per heavy atom. The summed E-state index contributed by atoms with van der Waals surface area (Å²) in [6.45, 7) is -0.334. The smallest absolute Gasteiger partial charge is 0.262 e. The van der Waals surface area contributed by atoms with Crippen LogP contribution in [0, 0.1) is 11.6 Å². The van der Waals surface area contributed by atoms with Crippen molar-refractivity contribution in [2.45, 2.75) is 0 Å². The minimum Gasteiger partial charge on any atom is -0.484 e. The van der Waals surface area contributed by atoms with E-state index in [1.165, 1.54) is 0 Å². The Balaban J connectivity index is 1.94.